The number of fused-ring (bicyclic) bond motifs is 3. The van der Waals surface area contributed by atoms with E-state index in [-0.39, 0.29) is 62.7 Å². The Hall–Kier alpha value is -8.61. The topological polar surface area (TPSA) is 319 Å². The molecule has 2 aliphatic rings. The van der Waals surface area contributed by atoms with Crippen molar-refractivity contribution in [3.05, 3.63) is 125 Å². The summed E-state index contributed by atoms with van der Waals surface area (Å²) < 4.78 is 23.5. The highest BCUT2D eigenvalue weighted by Gasteiger charge is 2.44. The lowest BCUT2D eigenvalue weighted by Gasteiger charge is -2.41. The van der Waals surface area contributed by atoms with Gasteiger partial charge in [-0.3, -0.25) is 33.7 Å². The molecule has 10 amide bonds. The third-order valence-corrected chi connectivity index (χ3v) is 18.8. The number of benzene rings is 4. The molecule has 0 unspecified atom stereocenters. The number of nitrogens with two attached hydrogens (primary N) is 1. The molecule has 0 bridgehead atoms. The minimum absolute atomic E-state index is 0.0320. The van der Waals surface area contributed by atoms with E-state index in [4.69, 9.17) is 24.7 Å². The number of nitrogens with one attached hydrogen (secondary N) is 6. The molecule has 0 radical (unpaired) electrons. The Morgan fingerprint density at radius 1 is 0.670 bits per heavy atom. The van der Waals surface area contributed by atoms with Gasteiger partial charge in [-0.2, -0.15) is 0 Å². The molecule has 530 valence electrons. The molecule has 4 aromatic carbocycles. The van der Waals surface area contributed by atoms with E-state index in [0.29, 0.717) is 42.6 Å². The zero-order chi connectivity index (χ0) is 71.4. The van der Waals surface area contributed by atoms with E-state index >= 15 is 0 Å². The number of aliphatic hydroxyl groups excluding tert-OH is 1. The summed E-state index contributed by atoms with van der Waals surface area (Å²) in [4.78, 5) is 129. The number of nitrogens with zero attached hydrogens (tertiary/aromatic N) is 3. The summed E-state index contributed by atoms with van der Waals surface area (Å²) in [6.07, 6.45) is -1.84. The Bertz CT molecular complexity index is 3250. The minimum atomic E-state index is -1.13. The normalized spacial score (nSPS) is 16.9. The number of methoxy groups -OCH3 is 2. The summed E-state index contributed by atoms with van der Waals surface area (Å²) in [5, 5.41) is 27.7. The molecule has 0 saturated carbocycles. The van der Waals surface area contributed by atoms with Crippen LogP contribution in [0.15, 0.2) is 103 Å². The predicted molar refractivity (Wildman–Crippen MR) is 369 cm³/mol. The number of alkyl carbamates (subject to hydrolysis) is 1. The Morgan fingerprint density at radius 2 is 1.28 bits per heavy atom. The first-order valence-electron chi connectivity index (χ1n) is 33.8. The molecule has 0 aromatic heterocycles. The first kappa shape index (κ1) is 77.4. The first-order chi connectivity index (χ1) is 46.1. The highest BCUT2D eigenvalue weighted by molar-refractivity contribution is 5.98. The van der Waals surface area contributed by atoms with Gasteiger partial charge in [0, 0.05) is 53.0 Å². The highest BCUT2D eigenvalue weighted by Crippen LogP contribution is 2.44. The van der Waals surface area contributed by atoms with Crippen LogP contribution in [0, 0.1) is 29.6 Å². The highest BCUT2D eigenvalue weighted by atomic mass is 16.6. The fraction of sp³-hybridized carbons (Fsp3) is 0.548. The van der Waals surface area contributed by atoms with Crippen LogP contribution in [0.25, 0.3) is 11.1 Å². The minimum Gasteiger partial charge on any atom is -0.449 e. The number of rotatable bonds is 34. The molecule has 0 spiro atoms. The molecule has 9 N–H and O–H groups in total. The smallest absolute Gasteiger partial charge is 0.410 e. The molecule has 6 rings (SSSR count). The van der Waals surface area contributed by atoms with E-state index in [1.807, 2.05) is 80.6 Å². The maximum Gasteiger partial charge on any atom is 0.410 e. The second kappa shape index (κ2) is 36.7. The number of urea groups is 1. The Labute approximate surface area is 571 Å². The maximum atomic E-state index is 14.8. The van der Waals surface area contributed by atoms with Crippen molar-refractivity contribution in [1.29, 1.82) is 0 Å². The average molecular weight is 1350 g/mol. The molecule has 1 heterocycles. The van der Waals surface area contributed by atoms with Crippen LogP contribution in [0.2, 0.25) is 0 Å². The SMILES string of the molecule is CC[C@H](C)[C@@H]([C@@H](CC(=O)N1CCC[C@H]1[C@H](OC)[C@@H](C)C(=O)N[C@H](C)[C@@H](O)c1ccccc1)OC)N(C)C(=O)[C@@H](NC(=O)[C@H](C(C)C)N(C)C(=O)OCc1ccc(NC(=O)[C@H](CCCNC(N)=O)NC(=O)[C@@H](NC(=O)OCC2c3ccccc3-c3ccccc32)C(C)C)cc1)C(C)C. The standard InChI is InChI=1S/C73H104N10O14/c1-15-45(8)63(58(94-13)39-59(84)83-38-24-32-57(83)65(95-14)46(9)66(86)76-47(10)64(85)49-25-17-16-18-26-49)81(11)70(90)61(43(4)5)79-69(89)62(44(6)7)82(12)73(93)97-40-48-33-35-50(36-34-48)77-67(87)56(31-23-37-75-71(74)91)78-68(88)60(42(2)3)80-72(92)96-41-55-53-29-21-19-27-51(53)52-28-20-22-30-54(52)55/h16-22,25-30,33-36,42-47,55-58,60-65,85H,15,23-24,31-32,37-41H2,1-14H3,(H,76,86)(H,77,87)(H,78,88)(H,79,89)(H,80,92)(H3,74,75,91)/t45-,46+,47+,56-,57-,58+,60-,61-,62-,63-,64+,65+/m0/s1. The van der Waals surface area contributed by atoms with Gasteiger partial charge in [-0.25, -0.2) is 14.4 Å². The summed E-state index contributed by atoms with van der Waals surface area (Å²) in [6.45, 7) is 18.5. The Morgan fingerprint density at radius 3 is 1.85 bits per heavy atom. The quantitative estimate of drug-likeness (QED) is 0.0206. The van der Waals surface area contributed by atoms with Gasteiger partial charge < -0.3 is 71.5 Å². The van der Waals surface area contributed by atoms with Gasteiger partial charge in [0.1, 0.15) is 37.4 Å². The van der Waals surface area contributed by atoms with E-state index in [2.05, 4.69) is 31.9 Å². The van der Waals surface area contributed by atoms with E-state index in [1.165, 1.54) is 26.2 Å². The monoisotopic (exact) mass is 1340 g/mol. The van der Waals surface area contributed by atoms with Crippen molar-refractivity contribution in [3.63, 3.8) is 0 Å². The first-order valence-corrected chi connectivity index (χ1v) is 33.8. The van der Waals surface area contributed by atoms with Crippen LogP contribution in [0.4, 0.5) is 20.1 Å². The van der Waals surface area contributed by atoms with Crippen molar-refractivity contribution in [2.24, 2.45) is 35.3 Å². The van der Waals surface area contributed by atoms with Gasteiger partial charge in [0.2, 0.25) is 35.4 Å². The molecule has 24 nitrogen and oxygen atoms in total. The van der Waals surface area contributed by atoms with Crippen molar-refractivity contribution in [2.45, 2.75) is 181 Å². The molecule has 4 aromatic rings. The number of carbonyl (C=O) groups excluding carboxylic acids is 9. The Kier molecular flexibility index (Phi) is 29.2. The van der Waals surface area contributed by atoms with Crippen molar-refractivity contribution < 1.29 is 67.2 Å². The van der Waals surface area contributed by atoms with E-state index in [0.717, 1.165) is 22.3 Å². The zero-order valence-corrected chi connectivity index (χ0v) is 58.8. The van der Waals surface area contributed by atoms with Gasteiger partial charge in [0.15, 0.2) is 0 Å². The second-order valence-corrected chi connectivity index (χ2v) is 26.7. The van der Waals surface area contributed by atoms with Gasteiger partial charge >= 0.3 is 18.2 Å². The van der Waals surface area contributed by atoms with Crippen LogP contribution in [-0.4, -0.2) is 176 Å². The molecular weight excluding hydrogens is 1240 g/mol. The van der Waals surface area contributed by atoms with E-state index in [1.54, 1.807) is 109 Å². The van der Waals surface area contributed by atoms with Gasteiger partial charge in [0.05, 0.1) is 48.8 Å². The molecule has 1 fully saturated rings. The van der Waals surface area contributed by atoms with Crippen LogP contribution >= 0.6 is 0 Å². The number of amides is 10. The average Bonchev–Trinajstić information content (AvgIpc) is 1.62. The van der Waals surface area contributed by atoms with Crippen LogP contribution < -0.4 is 37.6 Å². The number of likely N-dealkylation sites (tertiary alicyclic amines) is 1. The molecule has 1 saturated heterocycles. The molecule has 24 heteroatoms. The zero-order valence-electron chi connectivity index (χ0n) is 58.8. The maximum absolute atomic E-state index is 14.8. The van der Waals surface area contributed by atoms with Crippen molar-refractivity contribution >= 4 is 59.3 Å². The van der Waals surface area contributed by atoms with Crippen molar-refractivity contribution in [3.8, 4) is 11.1 Å². The summed E-state index contributed by atoms with van der Waals surface area (Å²) >= 11 is 0. The molecular formula is C73H104N10O14. The number of aliphatic hydroxyl groups is 1. The molecule has 97 heavy (non-hydrogen) atoms. The van der Waals surface area contributed by atoms with Crippen molar-refractivity contribution in [2.75, 3.05) is 53.3 Å². The van der Waals surface area contributed by atoms with Gasteiger partial charge in [-0.15, -0.1) is 0 Å². The number of carbonyl (C=O) groups is 9. The van der Waals surface area contributed by atoms with Crippen LogP contribution in [0.3, 0.4) is 0 Å². The van der Waals surface area contributed by atoms with Gasteiger partial charge in [-0.05, 0) is 102 Å². The lowest BCUT2D eigenvalue weighted by molar-refractivity contribution is -0.148. The lowest BCUT2D eigenvalue weighted by atomic mass is 9.89. The van der Waals surface area contributed by atoms with E-state index < -0.39 is 126 Å². The number of hydrogen-bond acceptors (Lipinski definition) is 14. The van der Waals surface area contributed by atoms with E-state index in [9.17, 15) is 48.3 Å². The summed E-state index contributed by atoms with van der Waals surface area (Å²) in [5.74, 6) is -5.11. The summed E-state index contributed by atoms with van der Waals surface area (Å²) in [6, 6.07) is 24.6. The fourth-order valence-electron chi connectivity index (χ4n) is 13.2. The fourth-order valence-corrected chi connectivity index (χ4v) is 13.2. The number of primary amides is 1. The van der Waals surface area contributed by atoms with Gasteiger partial charge in [0.25, 0.3) is 0 Å². The molecule has 1 aliphatic carbocycles. The number of anilines is 1. The number of likely N-dealkylation sites (N-methyl/N-ethyl adjacent to an activating group) is 2. The molecule has 1 aliphatic heterocycles. The van der Waals surface area contributed by atoms with Crippen LogP contribution in [0.1, 0.15) is 142 Å². The largest absolute Gasteiger partial charge is 0.449 e. The number of hydrogen-bond donors (Lipinski definition) is 8. The molecule has 12 atom stereocenters. The van der Waals surface area contributed by atoms with Crippen LogP contribution in [-0.2, 0) is 54.3 Å². The lowest BCUT2D eigenvalue weighted by Crippen LogP contribution is -2.60. The van der Waals surface area contributed by atoms with Crippen LogP contribution in [0.5, 0.6) is 0 Å². The third kappa shape index (κ3) is 20.5. The Balaban J connectivity index is 1.04. The number of ether oxygens (including phenoxy) is 4. The second-order valence-electron chi connectivity index (χ2n) is 26.7. The summed E-state index contributed by atoms with van der Waals surface area (Å²) in [5.41, 5.74) is 11.0. The summed E-state index contributed by atoms with van der Waals surface area (Å²) in [7, 11) is 6.10. The van der Waals surface area contributed by atoms with Crippen molar-refractivity contribution in [1.82, 2.24) is 41.3 Å². The van der Waals surface area contributed by atoms with Gasteiger partial charge in [-0.1, -0.05) is 160 Å². The predicted octanol–water partition coefficient (Wildman–Crippen LogP) is 8.01. The third-order valence-electron chi connectivity index (χ3n) is 18.8.